The SMILES string of the molecule is C=C(NC(CCCC(OC)OC)COOC)C(CCSSCCC(NP)C(=O)NC(CCCC(OC)OC)C(=O)OC)NP. The van der Waals surface area contributed by atoms with Crippen LogP contribution in [0.4, 0.5) is 0 Å². The van der Waals surface area contributed by atoms with Gasteiger partial charge in [0.05, 0.1) is 32.3 Å². The zero-order valence-electron chi connectivity index (χ0n) is 27.1. The number of ether oxygens (including phenoxy) is 5. The Hall–Kier alpha value is -0.280. The van der Waals surface area contributed by atoms with Crippen molar-refractivity contribution in [2.75, 3.05) is 60.8 Å². The normalized spacial score (nSPS) is 14.3. The van der Waals surface area contributed by atoms with Gasteiger partial charge in [-0.05, 0) is 51.4 Å². The lowest BCUT2D eigenvalue weighted by atomic mass is 10.1. The number of rotatable bonds is 30. The van der Waals surface area contributed by atoms with Gasteiger partial charge in [0.2, 0.25) is 5.91 Å². The Kier molecular flexibility index (Phi) is 28.7. The number of carbonyl (C=O) groups is 2. The maximum Gasteiger partial charge on any atom is 0.328 e. The lowest BCUT2D eigenvalue weighted by Crippen LogP contribution is -2.48. The molecule has 0 aliphatic rings. The average Bonchev–Trinajstić information content (AvgIpc) is 3.04. The highest BCUT2D eigenvalue weighted by atomic mass is 33.1. The first-order valence-electron chi connectivity index (χ1n) is 14.5. The number of methoxy groups -OCH3 is 5. The van der Waals surface area contributed by atoms with E-state index in [2.05, 4.69) is 46.2 Å². The molecule has 0 radical (unpaired) electrons. The van der Waals surface area contributed by atoms with Crippen LogP contribution in [0, 0.1) is 0 Å². The van der Waals surface area contributed by atoms with Gasteiger partial charge in [-0.3, -0.25) is 15.0 Å². The van der Waals surface area contributed by atoms with Gasteiger partial charge in [0.25, 0.3) is 0 Å². The first-order valence-corrected chi connectivity index (χ1v) is 18.2. The molecule has 0 aromatic carbocycles. The van der Waals surface area contributed by atoms with E-state index in [0.29, 0.717) is 32.3 Å². The number of amides is 1. The molecule has 0 aromatic rings. The molecule has 0 aliphatic heterocycles. The van der Waals surface area contributed by atoms with Crippen molar-refractivity contribution in [2.24, 2.45) is 0 Å². The van der Waals surface area contributed by atoms with Crippen LogP contribution in [-0.2, 0) is 43.0 Å². The lowest BCUT2D eigenvalue weighted by molar-refractivity contribution is -0.276. The molecule has 260 valence electrons. The fourth-order valence-corrected chi connectivity index (χ4v) is 7.03. The van der Waals surface area contributed by atoms with Crippen LogP contribution in [0.1, 0.15) is 51.4 Å². The summed E-state index contributed by atoms with van der Waals surface area (Å²) in [4.78, 5) is 35.2. The molecule has 0 heterocycles. The summed E-state index contributed by atoms with van der Waals surface area (Å²) in [5.41, 5.74) is 0.870. The van der Waals surface area contributed by atoms with Gasteiger partial charge in [0, 0.05) is 45.6 Å². The van der Waals surface area contributed by atoms with Crippen LogP contribution in [-0.4, -0.2) is 109 Å². The molecular weight excluding hydrogens is 650 g/mol. The molecule has 13 nitrogen and oxygen atoms in total. The molecule has 6 unspecified atom stereocenters. The van der Waals surface area contributed by atoms with Crippen LogP contribution in [0.25, 0.3) is 0 Å². The quantitative estimate of drug-likeness (QED) is 0.0165. The van der Waals surface area contributed by atoms with Gasteiger partial charge in [-0.1, -0.05) is 46.9 Å². The molecule has 0 saturated heterocycles. The number of carbonyl (C=O) groups excluding carboxylic acids is 2. The minimum atomic E-state index is -0.740. The van der Waals surface area contributed by atoms with Crippen molar-refractivity contribution in [1.82, 2.24) is 20.8 Å². The maximum atomic E-state index is 12.9. The van der Waals surface area contributed by atoms with Crippen LogP contribution >= 0.6 is 40.4 Å². The zero-order valence-corrected chi connectivity index (χ0v) is 31.0. The molecule has 6 atom stereocenters. The van der Waals surface area contributed by atoms with Gasteiger partial charge < -0.3 is 34.3 Å². The molecular formula is C27H56N4O9P2S2. The Bertz CT molecular complexity index is 760. The van der Waals surface area contributed by atoms with E-state index in [-0.39, 0.29) is 30.6 Å². The highest BCUT2D eigenvalue weighted by Gasteiger charge is 2.25. The minimum absolute atomic E-state index is 0.0218. The number of hydrogen-bond donors (Lipinski definition) is 4. The predicted molar refractivity (Wildman–Crippen MR) is 184 cm³/mol. The zero-order chi connectivity index (χ0) is 33.2. The summed E-state index contributed by atoms with van der Waals surface area (Å²) in [6, 6.07) is -1.15. The van der Waals surface area contributed by atoms with Crippen molar-refractivity contribution >= 4 is 52.2 Å². The molecule has 44 heavy (non-hydrogen) atoms. The third kappa shape index (κ3) is 20.1. The Morgan fingerprint density at radius 3 is 1.70 bits per heavy atom. The number of esters is 1. The standard InChI is InChI=1S/C27H56N4O9P2S2/c1-19(28-20(18-40-39-7)10-8-12-24(34-2)35-3)21(30-41)14-16-43-44-17-15-22(31-42)26(32)29-23(27(33)38-6)11-9-13-25(36-4)37-5/h20-25,28,30-31H,1,8-18,41-42H2,2-7H3,(H,29,32). The highest BCUT2D eigenvalue weighted by Crippen LogP contribution is 2.25. The summed E-state index contributed by atoms with van der Waals surface area (Å²) >= 11 is 0. The fraction of sp³-hybridized carbons (Fsp3) is 0.852. The van der Waals surface area contributed by atoms with Crippen molar-refractivity contribution < 1.29 is 43.0 Å². The second-order valence-electron chi connectivity index (χ2n) is 9.73. The molecule has 0 aromatic heterocycles. The smallest absolute Gasteiger partial charge is 0.328 e. The van der Waals surface area contributed by atoms with Crippen molar-refractivity contribution in [3.05, 3.63) is 12.3 Å². The molecule has 0 rings (SSSR count). The molecule has 0 fully saturated rings. The van der Waals surface area contributed by atoms with Gasteiger partial charge in [-0.2, -0.15) is 0 Å². The van der Waals surface area contributed by atoms with Crippen LogP contribution in [0.2, 0.25) is 0 Å². The molecule has 0 aliphatic carbocycles. The first-order chi connectivity index (χ1) is 21.2. The maximum absolute atomic E-state index is 12.9. The molecule has 0 bridgehead atoms. The van der Waals surface area contributed by atoms with E-state index in [4.69, 9.17) is 33.5 Å². The van der Waals surface area contributed by atoms with Crippen LogP contribution in [0.15, 0.2) is 12.3 Å². The third-order valence-corrected chi connectivity index (χ3v) is 10.0. The lowest BCUT2D eigenvalue weighted by Gasteiger charge is -2.26. The van der Waals surface area contributed by atoms with E-state index < -0.39 is 18.1 Å². The minimum Gasteiger partial charge on any atom is -0.467 e. The Balaban J connectivity index is 4.62. The van der Waals surface area contributed by atoms with E-state index >= 15 is 0 Å². The van der Waals surface area contributed by atoms with Crippen LogP contribution in [0.5, 0.6) is 0 Å². The summed E-state index contributed by atoms with van der Waals surface area (Å²) in [6.07, 6.45) is 4.97. The van der Waals surface area contributed by atoms with Crippen molar-refractivity contribution in [3.63, 3.8) is 0 Å². The van der Waals surface area contributed by atoms with Crippen molar-refractivity contribution in [3.8, 4) is 0 Å². The molecule has 0 saturated carbocycles. The molecule has 0 spiro atoms. The van der Waals surface area contributed by atoms with Crippen LogP contribution in [0.3, 0.4) is 0 Å². The van der Waals surface area contributed by atoms with E-state index in [1.807, 2.05) is 0 Å². The van der Waals surface area contributed by atoms with E-state index in [0.717, 1.165) is 42.9 Å². The summed E-state index contributed by atoms with van der Waals surface area (Å²) in [5, 5.41) is 12.5. The summed E-state index contributed by atoms with van der Waals surface area (Å²) < 4.78 is 25.8. The van der Waals surface area contributed by atoms with E-state index in [9.17, 15) is 9.59 Å². The first kappa shape index (κ1) is 43.7. The second kappa shape index (κ2) is 28.9. The highest BCUT2D eigenvalue weighted by molar-refractivity contribution is 8.76. The Labute approximate surface area is 276 Å². The van der Waals surface area contributed by atoms with Gasteiger partial charge in [0.1, 0.15) is 12.6 Å². The van der Waals surface area contributed by atoms with E-state index in [1.165, 1.54) is 14.2 Å². The molecule has 4 N–H and O–H groups in total. The third-order valence-electron chi connectivity index (χ3n) is 6.76. The van der Waals surface area contributed by atoms with Gasteiger partial charge in [-0.15, -0.1) is 0 Å². The molecule has 17 heteroatoms. The van der Waals surface area contributed by atoms with Crippen LogP contribution < -0.4 is 20.8 Å². The predicted octanol–water partition coefficient (Wildman–Crippen LogP) is 2.93. The van der Waals surface area contributed by atoms with E-state index in [1.54, 1.807) is 50.0 Å². The molecule has 1 amide bonds. The average molecular weight is 707 g/mol. The van der Waals surface area contributed by atoms with Crippen molar-refractivity contribution in [2.45, 2.75) is 88.1 Å². The summed E-state index contributed by atoms with van der Waals surface area (Å²) in [6.45, 7) is 4.63. The fourth-order valence-electron chi connectivity index (χ4n) is 4.16. The van der Waals surface area contributed by atoms with Crippen molar-refractivity contribution in [1.29, 1.82) is 0 Å². The largest absolute Gasteiger partial charge is 0.467 e. The van der Waals surface area contributed by atoms with Gasteiger partial charge in [0.15, 0.2) is 12.6 Å². The topological polar surface area (TPSA) is 147 Å². The monoisotopic (exact) mass is 706 g/mol. The summed E-state index contributed by atoms with van der Waals surface area (Å²) in [7, 11) is 17.6. The Morgan fingerprint density at radius 2 is 1.23 bits per heavy atom. The summed E-state index contributed by atoms with van der Waals surface area (Å²) in [5.74, 6) is 0.889. The number of hydrogen-bond acceptors (Lipinski definition) is 14. The Morgan fingerprint density at radius 1 is 0.705 bits per heavy atom. The van der Waals surface area contributed by atoms with Gasteiger partial charge in [-0.25, -0.2) is 14.6 Å². The number of nitrogens with one attached hydrogen (secondary N) is 4. The van der Waals surface area contributed by atoms with Gasteiger partial charge >= 0.3 is 5.97 Å². The second-order valence-corrected chi connectivity index (χ2v) is 13.1.